The maximum absolute atomic E-state index is 14.7. The van der Waals surface area contributed by atoms with Gasteiger partial charge in [-0.3, -0.25) is 9.55 Å². The van der Waals surface area contributed by atoms with Crippen LogP contribution in [0.3, 0.4) is 0 Å². The van der Waals surface area contributed by atoms with Crippen LogP contribution in [0.15, 0.2) is 47.4 Å². The van der Waals surface area contributed by atoms with Crippen molar-refractivity contribution in [1.29, 1.82) is 0 Å². The van der Waals surface area contributed by atoms with Gasteiger partial charge in [-0.2, -0.15) is 18.2 Å². The van der Waals surface area contributed by atoms with E-state index in [1.165, 1.54) is 37.1 Å². The van der Waals surface area contributed by atoms with Crippen molar-refractivity contribution in [3.8, 4) is 17.4 Å². The van der Waals surface area contributed by atoms with E-state index in [0.717, 1.165) is 31.4 Å². The molecule has 4 heterocycles. The first-order valence-electron chi connectivity index (χ1n) is 12.8. The second-order valence-electron chi connectivity index (χ2n) is 10.6. The number of alkyl halides is 3. The summed E-state index contributed by atoms with van der Waals surface area (Å²) in [5.41, 5.74) is -0.720. The van der Waals surface area contributed by atoms with E-state index >= 15 is 0 Å². The summed E-state index contributed by atoms with van der Waals surface area (Å²) in [4.78, 5) is 22.4. The third kappa shape index (κ3) is 4.93. The molecule has 39 heavy (non-hydrogen) atoms. The van der Waals surface area contributed by atoms with Crippen molar-refractivity contribution in [2.24, 2.45) is 5.41 Å². The summed E-state index contributed by atoms with van der Waals surface area (Å²) >= 11 is 0. The normalized spacial score (nSPS) is 23.8. The predicted octanol–water partition coefficient (Wildman–Crippen LogP) is 4.52. The quantitative estimate of drug-likeness (QED) is 0.457. The van der Waals surface area contributed by atoms with Gasteiger partial charge in [0.25, 0.3) is 0 Å². The van der Waals surface area contributed by atoms with Crippen molar-refractivity contribution >= 4 is 5.82 Å². The van der Waals surface area contributed by atoms with Crippen molar-refractivity contribution in [1.82, 2.24) is 19.9 Å². The standard InChI is InChI=1S/C27H27F4N5O3/c1-32-17-11-26(12-17)5-7-35-18(13-26)14-36-24(35)10-23(34-25(36)37)38-15-16-2-3-21(20(28)8-16)39-19-4-6-33-22(9-19)27(29,30)31/h2-4,6,8-10,17-18,32H,5,7,11-15H2,1H3. The number of hydrogen-bond donors (Lipinski definition) is 1. The van der Waals surface area contributed by atoms with Crippen LogP contribution in [0, 0.1) is 11.2 Å². The molecule has 1 aliphatic carbocycles. The molecule has 6 rings (SSSR count). The number of fused-ring (bicyclic) bond motifs is 3. The van der Waals surface area contributed by atoms with E-state index in [2.05, 4.69) is 20.2 Å². The van der Waals surface area contributed by atoms with Gasteiger partial charge >= 0.3 is 11.9 Å². The van der Waals surface area contributed by atoms with Gasteiger partial charge in [0.15, 0.2) is 11.6 Å². The highest BCUT2D eigenvalue weighted by Gasteiger charge is 2.50. The number of pyridine rings is 1. The maximum Gasteiger partial charge on any atom is 0.433 e. The molecule has 3 aromatic rings. The number of anilines is 1. The van der Waals surface area contributed by atoms with Crippen LogP contribution in [-0.2, 0) is 19.3 Å². The van der Waals surface area contributed by atoms with Crippen LogP contribution in [-0.4, -0.2) is 40.2 Å². The van der Waals surface area contributed by atoms with Crippen LogP contribution in [0.25, 0.3) is 0 Å². The Bertz CT molecular complexity index is 1450. The van der Waals surface area contributed by atoms with E-state index in [4.69, 9.17) is 9.47 Å². The second-order valence-corrected chi connectivity index (χ2v) is 10.6. The van der Waals surface area contributed by atoms with E-state index in [1.54, 1.807) is 10.6 Å². The maximum atomic E-state index is 14.7. The Balaban J connectivity index is 1.11. The Morgan fingerprint density at radius 3 is 2.72 bits per heavy atom. The smallest absolute Gasteiger partial charge is 0.433 e. The van der Waals surface area contributed by atoms with Gasteiger partial charge in [0.05, 0.1) is 0 Å². The Hall–Kier alpha value is -3.67. The van der Waals surface area contributed by atoms with Crippen LogP contribution >= 0.6 is 0 Å². The lowest BCUT2D eigenvalue weighted by Crippen LogP contribution is -2.55. The SMILES string of the molecule is CNC1CC2(CCN3c4cc(OCc5ccc(Oc6ccnc(C(F)(F)F)c6)c(F)c5)nc(=O)n4CC3C2)C1. The molecule has 1 saturated carbocycles. The lowest BCUT2D eigenvalue weighted by atomic mass is 9.59. The number of ether oxygens (including phenoxy) is 2. The molecule has 0 radical (unpaired) electrons. The van der Waals surface area contributed by atoms with Crippen molar-refractivity contribution in [2.45, 2.75) is 57.1 Å². The Morgan fingerprint density at radius 2 is 1.97 bits per heavy atom. The molecular weight excluding hydrogens is 518 g/mol. The number of benzene rings is 1. The molecule has 1 N–H and O–H groups in total. The average Bonchev–Trinajstić information content (AvgIpc) is 3.25. The fourth-order valence-corrected chi connectivity index (χ4v) is 6.08. The highest BCUT2D eigenvalue weighted by molar-refractivity contribution is 5.48. The molecule has 2 aliphatic heterocycles. The molecule has 1 atom stereocenters. The fourth-order valence-electron chi connectivity index (χ4n) is 6.08. The molecule has 2 fully saturated rings. The number of piperidine rings is 1. The first kappa shape index (κ1) is 25.6. The number of aromatic nitrogens is 3. The van der Waals surface area contributed by atoms with Crippen molar-refractivity contribution in [3.05, 3.63) is 70.2 Å². The summed E-state index contributed by atoms with van der Waals surface area (Å²) in [5.74, 6) is -0.259. The average molecular weight is 546 g/mol. The first-order valence-corrected chi connectivity index (χ1v) is 12.8. The van der Waals surface area contributed by atoms with Gasteiger partial charge in [-0.1, -0.05) is 6.07 Å². The van der Waals surface area contributed by atoms with E-state index in [9.17, 15) is 22.4 Å². The summed E-state index contributed by atoms with van der Waals surface area (Å²) in [5, 5.41) is 3.35. The molecule has 3 aliphatic rings. The zero-order chi connectivity index (χ0) is 27.4. The summed E-state index contributed by atoms with van der Waals surface area (Å²) in [7, 11) is 2.00. The summed E-state index contributed by atoms with van der Waals surface area (Å²) < 4.78 is 66.0. The molecular formula is C27H27F4N5O3. The monoisotopic (exact) mass is 545 g/mol. The van der Waals surface area contributed by atoms with Crippen LogP contribution in [0.1, 0.15) is 36.9 Å². The van der Waals surface area contributed by atoms with Gasteiger partial charge in [-0.15, -0.1) is 0 Å². The summed E-state index contributed by atoms with van der Waals surface area (Å²) in [6.07, 6.45) is 0.775. The molecule has 1 saturated heterocycles. The Morgan fingerprint density at radius 1 is 1.15 bits per heavy atom. The fraction of sp³-hybridized carbons (Fsp3) is 0.444. The van der Waals surface area contributed by atoms with E-state index in [-0.39, 0.29) is 35.7 Å². The third-order valence-corrected chi connectivity index (χ3v) is 8.05. The van der Waals surface area contributed by atoms with Crippen molar-refractivity contribution in [3.63, 3.8) is 0 Å². The van der Waals surface area contributed by atoms with Crippen LogP contribution < -0.4 is 25.4 Å². The topological polar surface area (TPSA) is 81.5 Å². The number of halogens is 4. The third-order valence-electron chi connectivity index (χ3n) is 8.05. The van der Waals surface area contributed by atoms with E-state index < -0.39 is 17.7 Å². The lowest BCUT2D eigenvalue weighted by molar-refractivity contribution is -0.141. The van der Waals surface area contributed by atoms with Gasteiger partial charge in [-0.05, 0) is 61.9 Å². The predicted molar refractivity (Wildman–Crippen MR) is 133 cm³/mol. The van der Waals surface area contributed by atoms with E-state index in [1.807, 2.05) is 7.05 Å². The van der Waals surface area contributed by atoms with E-state index in [0.29, 0.717) is 29.6 Å². The number of hydrogen-bond acceptors (Lipinski definition) is 7. The summed E-state index contributed by atoms with van der Waals surface area (Å²) in [6, 6.07) is 8.50. The van der Waals surface area contributed by atoms with Crippen molar-refractivity contribution < 1.29 is 27.0 Å². The van der Waals surface area contributed by atoms with Crippen LogP contribution in [0.4, 0.5) is 23.4 Å². The minimum absolute atomic E-state index is 0.0570. The van der Waals surface area contributed by atoms with Gasteiger partial charge in [0.1, 0.15) is 23.9 Å². The molecule has 0 bridgehead atoms. The minimum atomic E-state index is -4.64. The number of nitrogens with zero attached hydrogens (tertiary/aromatic N) is 4. The van der Waals surface area contributed by atoms with Crippen molar-refractivity contribution in [2.75, 3.05) is 18.5 Å². The Kier molecular flexibility index (Phi) is 6.24. The van der Waals surface area contributed by atoms with Gasteiger partial charge in [0.2, 0.25) is 5.88 Å². The molecule has 8 nitrogen and oxygen atoms in total. The number of nitrogens with one attached hydrogen (secondary N) is 1. The summed E-state index contributed by atoms with van der Waals surface area (Å²) in [6.45, 7) is 1.43. The molecule has 1 unspecified atom stereocenters. The van der Waals surface area contributed by atoms with Crippen LogP contribution in [0.5, 0.6) is 17.4 Å². The van der Waals surface area contributed by atoms with Gasteiger partial charge in [-0.25, -0.2) is 9.18 Å². The van der Waals surface area contributed by atoms with Crippen LogP contribution in [0.2, 0.25) is 0 Å². The lowest BCUT2D eigenvalue weighted by Gasteiger charge is -2.53. The first-order chi connectivity index (χ1) is 18.6. The number of rotatable bonds is 6. The Labute approximate surface area is 221 Å². The molecule has 1 aromatic carbocycles. The molecule has 0 amide bonds. The highest BCUT2D eigenvalue weighted by atomic mass is 19.4. The molecule has 1 spiro atoms. The highest BCUT2D eigenvalue weighted by Crippen LogP contribution is 2.52. The largest absolute Gasteiger partial charge is 0.473 e. The zero-order valence-corrected chi connectivity index (χ0v) is 21.2. The molecule has 12 heteroatoms. The molecule has 2 aromatic heterocycles. The van der Waals surface area contributed by atoms with Gasteiger partial charge in [0, 0.05) is 43.5 Å². The zero-order valence-electron chi connectivity index (χ0n) is 21.2. The second kappa shape index (κ2) is 9.51. The van der Waals surface area contributed by atoms with Gasteiger partial charge < -0.3 is 19.7 Å². The molecule has 206 valence electrons. The minimum Gasteiger partial charge on any atom is -0.473 e.